The Bertz CT molecular complexity index is 1100. The molecule has 0 radical (unpaired) electrons. The quantitative estimate of drug-likeness (QED) is 0.0829. The smallest absolute Gasteiger partial charge is 0.142 e. The number of terminal acetylenes is 1. The Morgan fingerprint density at radius 3 is 2.20 bits per heavy atom. The predicted molar refractivity (Wildman–Crippen MR) is 193 cm³/mol. The summed E-state index contributed by atoms with van der Waals surface area (Å²) in [5.41, 5.74) is 2.57. The van der Waals surface area contributed by atoms with Crippen LogP contribution in [0.15, 0.2) is 47.6 Å². The number of hydrogen-bond acceptors (Lipinski definition) is 4. The highest BCUT2D eigenvalue weighted by atomic mass is 16.6. The maximum atomic E-state index is 6.52. The minimum atomic E-state index is 0.127. The van der Waals surface area contributed by atoms with Gasteiger partial charge >= 0.3 is 0 Å². The zero-order chi connectivity index (χ0) is 32.5. The lowest BCUT2D eigenvalue weighted by Crippen LogP contribution is -2.46. The molecule has 256 valence electrons. The van der Waals surface area contributed by atoms with Crippen LogP contribution >= 0.6 is 0 Å². The number of likely N-dealkylation sites (N-methyl/N-ethyl adjacent to an activating group) is 1. The molecule has 0 spiro atoms. The Balaban J connectivity index is 1.19. The van der Waals surface area contributed by atoms with Crippen molar-refractivity contribution in [3.63, 3.8) is 0 Å². The third-order valence-electron chi connectivity index (χ3n) is 11.8. The zero-order valence-electron chi connectivity index (χ0n) is 30.0. The van der Waals surface area contributed by atoms with Crippen molar-refractivity contribution in [3.05, 3.63) is 53.5 Å². The number of ether oxygens (including phenoxy) is 2. The summed E-state index contributed by atoms with van der Waals surface area (Å²) in [6.07, 6.45) is 39.6. The van der Waals surface area contributed by atoms with Gasteiger partial charge in [-0.2, -0.15) is 13.8 Å². The van der Waals surface area contributed by atoms with Crippen molar-refractivity contribution in [1.82, 2.24) is 9.80 Å². The predicted octanol–water partition coefficient (Wildman–Crippen LogP) is 9.65. The highest BCUT2D eigenvalue weighted by molar-refractivity contribution is 5.42. The molecule has 2 aliphatic carbocycles. The van der Waals surface area contributed by atoms with Crippen LogP contribution in [0.1, 0.15) is 124 Å². The summed E-state index contributed by atoms with van der Waals surface area (Å²) in [6.45, 7) is 11.6. The first-order valence-electron chi connectivity index (χ1n) is 19.2. The SMILES string of the molecule is C#CCCCCC(C(C)C)C(CN(C)C1OC1C1=CC=C(C2OC2N2CCCCC2C2CCCCCCCC2)C=CC=C1)[C-](C)C. The number of rotatable bonds is 14. The van der Waals surface area contributed by atoms with Gasteiger partial charge in [0.2, 0.25) is 0 Å². The van der Waals surface area contributed by atoms with E-state index in [1.807, 2.05) is 0 Å². The van der Waals surface area contributed by atoms with Gasteiger partial charge in [0.25, 0.3) is 0 Å². The molecule has 0 bridgehead atoms. The number of hydrogen-bond donors (Lipinski definition) is 0. The van der Waals surface area contributed by atoms with Crippen LogP contribution < -0.4 is 0 Å². The molecular weight excluding hydrogens is 564 g/mol. The van der Waals surface area contributed by atoms with Gasteiger partial charge in [-0.3, -0.25) is 9.80 Å². The fraction of sp³-hybridized carbons (Fsp3) is 0.738. The molecule has 3 heterocycles. The fourth-order valence-electron chi connectivity index (χ4n) is 8.92. The molecule has 3 aliphatic heterocycles. The molecule has 4 nitrogen and oxygen atoms in total. The van der Waals surface area contributed by atoms with Crippen LogP contribution in [0.25, 0.3) is 0 Å². The van der Waals surface area contributed by atoms with Crippen molar-refractivity contribution in [3.8, 4) is 12.3 Å². The van der Waals surface area contributed by atoms with Crippen LogP contribution in [-0.4, -0.2) is 60.6 Å². The number of piperidine rings is 1. The Labute approximate surface area is 283 Å². The molecule has 0 aromatic carbocycles. The van der Waals surface area contributed by atoms with Gasteiger partial charge in [0.05, 0.1) is 0 Å². The summed E-state index contributed by atoms with van der Waals surface area (Å²) < 4.78 is 12.9. The molecule has 5 aliphatic rings. The number of nitrogens with zero attached hydrogens (tertiary/aromatic N) is 2. The number of unbranched alkanes of at least 4 members (excludes halogenated alkanes) is 2. The van der Waals surface area contributed by atoms with Gasteiger partial charge in [0, 0.05) is 19.0 Å². The lowest BCUT2D eigenvalue weighted by atomic mass is 9.74. The average molecular weight is 630 g/mol. The second kappa shape index (κ2) is 17.7. The topological polar surface area (TPSA) is 31.5 Å². The van der Waals surface area contributed by atoms with Crippen LogP contribution in [0, 0.1) is 41.9 Å². The molecule has 4 heteroatoms. The van der Waals surface area contributed by atoms with E-state index in [-0.39, 0.29) is 24.7 Å². The first-order chi connectivity index (χ1) is 22.4. The Kier molecular flexibility index (Phi) is 13.7. The largest absolute Gasteiger partial charge is 0.348 e. The van der Waals surface area contributed by atoms with Crippen LogP contribution in [0.3, 0.4) is 0 Å². The highest BCUT2D eigenvalue weighted by Crippen LogP contribution is 2.42. The summed E-state index contributed by atoms with van der Waals surface area (Å²) in [6, 6.07) is 0.702. The minimum absolute atomic E-state index is 0.127. The molecule has 0 amide bonds. The zero-order valence-corrected chi connectivity index (χ0v) is 30.0. The van der Waals surface area contributed by atoms with Gasteiger partial charge in [-0.25, -0.2) is 0 Å². The second-order valence-corrected chi connectivity index (χ2v) is 15.7. The van der Waals surface area contributed by atoms with E-state index >= 15 is 0 Å². The molecule has 7 atom stereocenters. The second-order valence-electron chi connectivity index (χ2n) is 15.7. The standard InChI is InChI=1S/C42H65N2O2/c1-7-8-9-16-25-36(31(2)3)37(32(4)5)30-43(6)41-39(45-41)34-23-17-18-24-35(28-27-34)40-42(46-40)44-29-20-19-26-38(44)33-21-14-12-10-11-13-15-22-33/h1,17-18,23-24,27-28,31,33,36-42H,8-16,19-22,25-26,29-30H2,2-6H3/q-1. The third kappa shape index (κ3) is 9.72. The molecule has 1 saturated carbocycles. The van der Waals surface area contributed by atoms with Crippen LogP contribution in [0.5, 0.6) is 0 Å². The van der Waals surface area contributed by atoms with Gasteiger partial charge < -0.3 is 15.4 Å². The van der Waals surface area contributed by atoms with Gasteiger partial charge in [0.1, 0.15) is 24.7 Å². The third-order valence-corrected chi connectivity index (χ3v) is 11.8. The molecule has 0 N–H and O–H groups in total. The van der Waals surface area contributed by atoms with Gasteiger partial charge in [0.15, 0.2) is 0 Å². The van der Waals surface area contributed by atoms with E-state index < -0.39 is 0 Å². The molecule has 3 saturated heterocycles. The number of epoxide rings is 2. The molecule has 5 rings (SSSR count). The first-order valence-corrected chi connectivity index (χ1v) is 19.2. The lowest BCUT2D eigenvalue weighted by Gasteiger charge is -2.43. The van der Waals surface area contributed by atoms with E-state index in [0.29, 0.717) is 23.8 Å². The summed E-state index contributed by atoms with van der Waals surface area (Å²) >= 11 is 0. The number of likely N-dealkylation sites (tertiary alicyclic amines) is 1. The molecular formula is C42H65N2O2-. The van der Waals surface area contributed by atoms with Gasteiger partial charge in [-0.05, 0) is 68.7 Å². The van der Waals surface area contributed by atoms with Crippen molar-refractivity contribution in [2.75, 3.05) is 20.1 Å². The average Bonchev–Trinajstić information content (AvgIpc) is 3.96. The molecule has 0 aromatic heterocycles. The Hall–Kier alpha value is -1.64. The highest BCUT2D eigenvalue weighted by Gasteiger charge is 2.49. The first kappa shape index (κ1) is 35.7. The number of allylic oxidation sites excluding steroid dienone is 4. The normalized spacial score (nSPS) is 30.9. The van der Waals surface area contributed by atoms with Crippen molar-refractivity contribution in [2.45, 2.75) is 155 Å². The Morgan fingerprint density at radius 1 is 0.891 bits per heavy atom. The summed E-state index contributed by atoms with van der Waals surface area (Å²) in [7, 11) is 2.25. The molecule has 7 unspecified atom stereocenters. The molecule has 0 aromatic rings. The maximum absolute atomic E-state index is 6.52. The van der Waals surface area contributed by atoms with E-state index in [1.165, 1.54) is 107 Å². The van der Waals surface area contributed by atoms with Crippen molar-refractivity contribution in [1.29, 1.82) is 0 Å². The van der Waals surface area contributed by atoms with Gasteiger partial charge in [-0.15, -0.1) is 18.3 Å². The Morgan fingerprint density at radius 2 is 1.54 bits per heavy atom. The summed E-state index contributed by atoms with van der Waals surface area (Å²) in [4.78, 5) is 5.24. The fourth-order valence-corrected chi connectivity index (χ4v) is 8.92. The van der Waals surface area contributed by atoms with E-state index in [1.54, 1.807) is 0 Å². The van der Waals surface area contributed by atoms with E-state index in [4.69, 9.17) is 15.9 Å². The van der Waals surface area contributed by atoms with Crippen molar-refractivity contribution < 1.29 is 9.47 Å². The molecule has 46 heavy (non-hydrogen) atoms. The van der Waals surface area contributed by atoms with Crippen LogP contribution in [0.2, 0.25) is 0 Å². The van der Waals surface area contributed by atoms with Crippen molar-refractivity contribution >= 4 is 0 Å². The minimum Gasteiger partial charge on any atom is -0.348 e. The van der Waals surface area contributed by atoms with Crippen LogP contribution in [-0.2, 0) is 9.47 Å². The van der Waals surface area contributed by atoms with Crippen LogP contribution in [0.4, 0.5) is 0 Å². The van der Waals surface area contributed by atoms with E-state index in [9.17, 15) is 0 Å². The molecule has 4 fully saturated rings. The van der Waals surface area contributed by atoms with Gasteiger partial charge in [-0.1, -0.05) is 114 Å². The lowest BCUT2D eigenvalue weighted by molar-refractivity contribution is 0.0465. The summed E-state index contributed by atoms with van der Waals surface area (Å²) in [5, 5.41) is 0. The van der Waals surface area contributed by atoms with Crippen molar-refractivity contribution in [2.24, 2.45) is 23.7 Å². The maximum Gasteiger partial charge on any atom is 0.142 e. The summed E-state index contributed by atoms with van der Waals surface area (Å²) in [5.74, 6) is 7.07. The monoisotopic (exact) mass is 630 g/mol. The van der Waals surface area contributed by atoms with E-state index in [0.717, 1.165) is 25.3 Å². The van der Waals surface area contributed by atoms with E-state index in [2.05, 4.69) is 86.9 Å².